The van der Waals surface area contributed by atoms with Crippen molar-refractivity contribution in [3.05, 3.63) is 34.0 Å². The molecule has 1 aromatic carbocycles. The van der Waals surface area contributed by atoms with Gasteiger partial charge in [-0.05, 0) is 49.6 Å². The molecule has 2 aromatic rings. The molecule has 134 valence electrons. The molecule has 2 aliphatic heterocycles. The molecule has 25 heavy (non-hydrogen) atoms. The topological polar surface area (TPSA) is 28.5 Å². The van der Waals surface area contributed by atoms with E-state index in [2.05, 4.69) is 29.6 Å². The van der Waals surface area contributed by atoms with Crippen LogP contribution in [0.4, 0.5) is 0 Å². The number of piperidine rings is 1. The van der Waals surface area contributed by atoms with Gasteiger partial charge >= 0.3 is 0 Å². The van der Waals surface area contributed by atoms with Gasteiger partial charge in [0.15, 0.2) is 0 Å². The molecule has 0 radical (unpaired) electrons. The maximum Gasteiger partial charge on any atom is 0.227 e. The number of halogens is 1. The van der Waals surface area contributed by atoms with E-state index in [1.165, 1.54) is 28.6 Å². The van der Waals surface area contributed by atoms with Crippen molar-refractivity contribution in [2.24, 2.45) is 7.05 Å². The van der Waals surface area contributed by atoms with E-state index in [9.17, 15) is 4.79 Å². The fourth-order valence-electron chi connectivity index (χ4n) is 4.47. The summed E-state index contributed by atoms with van der Waals surface area (Å²) < 4.78 is 2.30. The Labute approximate surface area is 154 Å². The van der Waals surface area contributed by atoms with Crippen LogP contribution in [0.5, 0.6) is 0 Å². The summed E-state index contributed by atoms with van der Waals surface area (Å²) in [5.74, 6) is 0.236. The molecular formula is C20H26ClN3O. The summed E-state index contributed by atoms with van der Waals surface area (Å²) in [5, 5.41) is 1.95. The molecule has 4 nitrogen and oxygen atoms in total. The van der Waals surface area contributed by atoms with Crippen LogP contribution in [-0.2, 0) is 31.2 Å². The normalized spacial score (nSPS) is 18.6. The Balaban J connectivity index is 1.75. The van der Waals surface area contributed by atoms with E-state index in [0.29, 0.717) is 6.42 Å². The van der Waals surface area contributed by atoms with Crippen LogP contribution in [0.15, 0.2) is 12.1 Å². The number of hydrogen-bond acceptors (Lipinski definition) is 2. The van der Waals surface area contributed by atoms with Crippen LogP contribution in [0.2, 0.25) is 5.02 Å². The lowest BCUT2D eigenvalue weighted by molar-refractivity contribution is -0.131. The number of aromatic nitrogens is 1. The molecule has 1 fully saturated rings. The number of carbonyl (C=O) groups is 1. The number of likely N-dealkylation sites (N-methyl/N-ethyl adjacent to an activating group) is 1. The molecule has 0 unspecified atom stereocenters. The van der Waals surface area contributed by atoms with Gasteiger partial charge in [-0.3, -0.25) is 4.79 Å². The number of amides is 1. The molecule has 0 N–H and O–H groups in total. The van der Waals surface area contributed by atoms with Crippen molar-refractivity contribution < 1.29 is 4.79 Å². The first-order valence-electron chi connectivity index (χ1n) is 9.29. The van der Waals surface area contributed by atoms with Gasteiger partial charge in [0, 0.05) is 55.8 Å². The van der Waals surface area contributed by atoms with Crippen molar-refractivity contribution in [1.29, 1.82) is 0 Å². The Kier molecular flexibility index (Phi) is 4.50. The number of nitrogens with zero attached hydrogens (tertiary/aromatic N) is 3. The highest BCUT2D eigenvalue weighted by molar-refractivity contribution is 6.31. The zero-order valence-electron chi connectivity index (χ0n) is 15.1. The van der Waals surface area contributed by atoms with Gasteiger partial charge in [-0.1, -0.05) is 11.6 Å². The first-order valence-corrected chi connectivity index (χ1v) is 9.67. The van der Waals surface area contributed by atoms with Gasteiger partial charge < -0.3 is 14.4 Å². The lowest BCUT2D eigenvalue weighted by atomic mass is 10.0. The smallest absolute Gasteiger partial charge is 0.227 e. The van der Waals surface area contributed by atoms with Crippen LogP contribution in [-0.4, -0.2) is 47.0 Å². The quantitative estimate of drug-likeness (QED) is 0.822. The molecule has 0 spiro atoms. The van der Waals surface area contributed by atoms with Gasteiger partial charge in [-0.25, -0.2) is 0 Å². The first-order chi connectivity index (χ1) is 12.0. The summed E-state index contributed by atoms with van der Waals surface area (Å²) in [6, 6.07) is 4.06. The van der Waals surface area contributed by atoms with Crippen LogP contribution >= 0.6 is 11.6 Å². The SMILES string of the molecule is CN1CCc2c(c3cc(Cl)cc(CC(=O)N4CCCCC4)c3n2C)C1. The predicted molar refractivity (Wildman–Crippen MR) is 102 cm³/mol. The van der Waals surface area contributed by atoms with Crippen LogP contribution in [0, 0.1) is 0 Å². The number of carbonyl (C=O) groups excluding carboxylic acids is 1. The third-order valence-corrected chi connectivity index (χ3v) is 5.99. The summed E-state index contributed by atoms with van der Waals surface area (Å²) in [5.41, 5.74) is 5.02. The summed E-state index contributed by atoms with van der Waals surface area (Å²) >= 11 is 6.43. The van der Waals surface area contributed by atoms with E-state index in [-0.39, 0.29) is 5.91 Å². The highest BCUT2D eigenvalue weighted by Gasteiger charge is 2.24. The minimum absolute atomic E-state index is 0.236. The number of fused-ring (bicyclic) bond motifs is 3. The number of benzene rings is 1. The predicted octanol–water partition coefficient (Wildman–Crippen LogP) is 3.37. The fourth-order valence-corrected chi connectivity index (χ4v) is 4.71. The molecule has 0 aliphatic carbocycles. The molecule has 0 saturated carbocycles. The molecule has 3 heterocycles. The Morgan fingerprint density at radius 1 is 1.12 bits per heavy atom. The van der Waals surface area contributed by atoms with Crippen molar-refractivity contribution in [1.82, 2.24) is 14.4 Å². The summed E-state index contributed by atoms with van der Waals surface area (Å²) in [7, 11) is 4.29. The van der Waals surface area contributed by atoms with Crippen molar-refractivity contribution in [2.75, 3.05) is 26.7 Å². The van der Waals surface area contributed by atoms with E-state index in [1.807, 2.05) is 11.0 Å². The Morgan fingerprint density at radius 3 is 2.64 bits per heavy atom. The van der Waals surface area contributed by atoms with Gasteiger partial charge in [-0.2, -0.15) is 0 Å². The Hall–Kier alpha value is -1.52. The van der Waals surface area contributed by atoms with Crippen molar-refractivity contribution >= 4 is 28.4 Å². The van der Waals surface area contributed by atoms with Gasteiger partial charge in [0.2, 0.25) is 5.91 Å². The lowest BCUT2D eigenvalue weighted by Crippen LogP contribution is -2.36. The zero-order chi connectivity index (χ0) is 17.6. The van der Waals surface area contributed by atoms with E-state index < -0.39 is 0 Å². The third kappa shape index (κ3) is 3.06. The lowest BCUT2D eigenvalue weighted by Gasteiger charge is -2.27. The minimum Gasteiger partial charge on any atom is -0.347 e. The molecule has 1 aromatic heterocycles. The summed E-state index contributed by atoms with van der Waals surface area (Å²) in [4.78, 5) is 17.2. The molecule has 2 aliphatic rings. The van der Waals surface area contributed by atoms with Gasteiger partial charge in [-0.15, -0.1) is 0 Å². The number of likely N-dealkylation sites (tertiary alicyclic amines) is 1. The molecule has 0 atom stereocenters. The second-order valence-electron chi connectivity index (χ2n) is 7.55. The van der Waals surface area contributed by atoms with Crippen LogP contribution in [0.25, 0.3) is 10.9 Å². The van der Waals surface area contributed by atoms with Crippen molar-refractivity contribution in [3.63, 3.8) is 0 Å². The second kappa shape index (κ2) is 6.65. The monoisotopic (exact) mass is 359 g/mol. The van der Waals surface area contributed by atoms with Crippen molar-refractivity contribution in [2.45, 2.75) is 38.6 Å². The maximum absolute atomic E-state index is 12.8. The molecule has 4 rings (SSSR count). The number of aryl methyl sites for hydroxylation is 1. The largest absolute Gasteiger partial charge is 0.347 e. The van der Waals surface area contributed by atoms with Crippen LogP contribution in [0.3, 0.4) is 0 Å². The molecular weight excluding hydrogens is 334 g/mol. The second-order valence-corrected chi connectivity index (χ2v) is 7.99. The standard InChI is InChI=1S/C20H26ClN3O/c1-22-9-6-18-17(13-22)16-12-15(21)10-14(20(16)23(18)2)11-19(25)24-7-4-3-5-8-24/h10,12H,3-9,11,13H2,1-2H3. The Bertz CT molecular complexity index is 820. The van der Waals surface area contributed by atoms with Gasteiger partial charge in [0.05, 0.1) is 11.9 Å². The zero-order valence-corrected chi connectivity index (χ0v) is 15.9. The average molecular weight is 360 g/mol. The van der Waals surface area contributed by atoms with E-state index >= 15 is 0 Å². The third-order valence-electron chi connectivity index (χ3n) is 5.78. The van der Waals surface area contributed by atoms with Crippen LogP contribution in [0.1, 0.15) is 36.1 Å². The molecule has 0 bridgehead atoms. The Morgan fingerprint density at radius 2 is 1.88 bits per heavy atom. The first kappa shape index (κ1) is 16.9. The average Bonchev–Trinajstić information content (AvgIpc) is 2.87. The summed E-state index contributed by atoms with van der Waals surface area (Å²) in [6.07, 6.45) is 4.99. The fraction of sp³-hybridized carbons (Fsp3) is 0.550. The van der Waals surface area contributed by atoms with Gasteiger partial charge in [0.25, 0.3) is 0 Å². The highest BCUT2D eigenvalue weighted by Crippen LogP contribution is 2.34. The maximum atomic E-state index is 12.8. The number of rotatable bonds is 2. The van der Waals surface area contributed by atoms with Crippen molar-refractivity contribution in [3.8, 4) is 0 Å². The van der Waals surface area contributed by atoms with E-state index in [1.54, 1.807) is 0 Å². The molecule has 1 amide bonds. The van der Waals surface area contributed by atoms with E-state index in [4.69, 9.17) is 11.6 Å². The number of hydrogen-bond donors (Lipinski definition) is 0. The highest BCUT2D eigenvalue weighted by atomic mass is 35.5. The summed E-state index contributed by atoms with van der Waals surface area (Å²) in [6.45, 7) is 3.83. The van der Waals surface area contributed by atoms with E-state index in [0.717, 1.165) is 56.0 Å². The molecule has 5 heteroatoms. The van der Waals surface area contributed by atoms with Crippen LogP contribution < -0.4 is 0 Å². The molecule has 1 saturated heterocycles. The minimum atomic E-state index is 0.236. The van der Waals surface area contributed by atoms with Gasteiger partial charge in [0.1, 0.15) is 0 Å².